The van der Waals surface area contributed by atoms with Crippen LogP contribution in [0.25, 0.3) is 0 Å². The first kappa shape index (κ1) is 17.8. The van der Waals surface area contributed by atoms with E-state index in [4.69, 9.17) is 0 Å². The molecule has 1 N–H and O–H groups in total. The van der Waals surface area contributed by atoms with Gasteiger partial charge in [0.1, 0.15) is 0 Å². The Labute approximate surface area is 139 Å². The zero-order valence-electron chi connectivity index (χ0n) is 11.7. The molecule has 0 atom stereocenters. The molecule has 1 aromatic carbocycles. The predicted octanol–water partition coefficient (Wildman–Crippen LogP) is 2.90. The number of alkyl halides is 2. The molecule has 11 heteroatoms. The topological polar surface area (TPSA) is 89.0 Å². The quantitative estimate of drug-likeness (QED) is 0.613. The van der Waals surface area contributed by atoms with Crippen molar-refractivity contribution in [3.63, 3.8) is 0 Å². The Hall–Kier alpha value is -1.59. The van der Waals surface area contributed by atoms with E-state index in [-0.39, 0.29) is 5.56 Å². The molecule has 0 aliphatic carbocycles. The third kappa shape index (κ3) is 4.24. The lowest BCUT2D eigenvalue weighted by Gasteiger charge is -2.04. The molecule has 1 aromatic heterocycles. The van der Waals surface area contributed by atoms with E-state index in [1.807, 2.05) is 6.92 Å². The fourth-order valence-corrected chi connectivity index (χ4v) is 3.88. The molecule has 0 aliphatic rings. The summed E-state index contributed by atoms with van der Waals surface area (Å²) in [5.41, 5.74) is 0.123. The van der Waals surface area contributed by atoms with E-state index < -0.39 is 26.4 Å². The minimum absolute atomic E-state index is 0.123. The second kappa shape index (κ2) is 7.32. The highest BCUT2D eigenvalue weighted by atomic mass is 32.2. The summed E-state index contributed by atoms with van der Waals surface area (Å²) in [6.07, 6.45) is 0. The maximum Gasteiger partial charge on any atom is 0.341 e. The van der Waals surface area contributed by atoms with Crippen LogP contribution in [0, 0.1) is 0 Å². The number of halogens is 2. The molecular formula is C12H11F2N3O3S3. The van der Waals surface area contributed by atoms with Crippen molar-refractivity contribution in [2.75, 3.05) is 11.1 Å². The monoisotopic (exact) mass is 379 g/mol. The molecule has 1 heterocycles. The maximum absolute atomic E-state index is 12.4. The van der Waals surface area contributed by atoms with E-state index >= 15 is 0 Å². The highest BCUT2D eigenvalue weighted by Gasteiger charge is 2.26. The lowest BCUT2D eigenvalue weighted by atomic mass is 10.2. The number of hydrogen-bond donors (Lipinski definition) is 1. The van der Waals surface area contributed by atoms with Crippen LogP contribution in [0.15, 0.2) is 33.5 Å². The fraction of sp³-hybridized carbons (Fsp3) is 0.250. The average molecular weight is 379 g/mol. The number of sulfone groups is 1. The number of amides is 1. The molecule has 0 bridgehead atoms. The smallest absolute Gasteiger partial charge is 0.296 e. The van der Waals surface area contributed by atoms with Crippen LogP contribution in [0.1, 0.15) is 17.3 Å². The van der Waals surface area contributed by atoms with Gasteiger partial charge in [-0.2, -0.15) is 8.78 Å². The van der Waals surface area contributed by atoms with E-state index in [9.17, 15) is 22.0 Å². The first-order valence-electron chi connectivity index (χ1n) is 6.24. The fourth-order valence-electron chi connectivity index (χ4n) is 1.51. The summed E-state index contributed by atoms with van der Waals surface area (Å²) in [7, 11) is -4.67. The predicted molar refractivity (Wildman–Crippen MR) is 83.9 cm³/mol. The molecule has 2 aromatic rings. The van der Waals surface area contributed by atoms with Crippen LogP contribution >= 0.6 is 23.1 Å². The Morgan fingerprint density at radius 1 is 1.30 bits per heavy atom. The third-order valence-corrected chi connectivity index (χ3v) is 5.83. The molecule has 1 amide bonds. The Balaban J connectivity index is 2.11. The first-order chi connectivity index (χ1) is 10.8. The van der Waals surface area contributed by atoms with Gasteiger partial charge in [-0.25, -0.2) is 8.42 Å². The molecule has 0 aliphatic heterocycles. The van der Waals surface area contributed by atoms with Crippen LogP contribution in [0.5, 0.6) is 0 Å². The highest BCUT2D eigenvalue weighted by molar-refractivity contribution is 8.01. The summed E-state index contributed by atoms with van der Waals surface area (Å²) in [5.74, 6) is -3.21. The zero-order chi connectivity index (χ0) is 17.0. The Kier molecular flexibility index (Phi) is 5.65. The minimum Gasteiger partial charge on any atom is -0.296 e. The van der Waals surface area contributed by atoms with Crippen LogP contribution in [0.2, 0.25) is 0 Å². The van der Waals surface area contributed by atoms with E-state index in [0.717, 1.165) is 30.0 Å². The number of rotatable bonds is 6. The molecule has 2 rings (SSSR count). The summed E-state index contributed by atoms with van der Waals surface area (Å²) in [4.78, 5) is 11.5. The van der Waals surface area contributed by atoms with Crippen molar-refractivity contribution in [2.24, 2.45) is 0 Å². The molecule has 0 radical (unpaired) electrons. The lowest BCUT2D eigenvalue weighted by molar-refractivity contribution is 0.102. The van der Waals surface area contributed by atoms with E-state index in [1.165, 1.54) is 23.1 Å². The molecule has 0 spiro atoms. The summed E-state index contributed by atoms with van der Waals surface area (Å²) < 4.78 is 48.2. The standard InChI is InChI=1S/C12H11F2N3O3S3/c1-2-21-12-17-16-11(22-12)15-9(18)7-3-5-8(6-4-7)23(19,20)10(13)14/h3-6,10H,2H2,1H3,(H,15,16,18). The van der Waals surface area contributed by atoms with Gasteiger partial charge in [-0.15, -0.1) is 10.2 Å². The third-order valence-electron chi connectivity index (χ3n) is 2.57. The second-order valence-electron chi connectivity index (χ2n) is 4.09. The van der Waals surface area contributed by atoms with Gasteiger partial charge in [0.25, 0.3) is 5.91 Å². The molecule has 0 fully saturated rings. The number of carbonyl (C=O) groups excluding carboxylic acids is 1. The van der Waals surface area contributed by atoms with Gasteiger partial charge < -0.3 is 0 Å². The van der Waals surface area contributed by atoms with Crippen LogP contribution in [0.4, 0.5) is 13.9 Å². The van der Waals surface area contributed by atoms with E-state index in [1.54, 1.807) is 0 Å². The van der Waals surface area contributed by atoms with E-state index in [0.29, 0.717) is 9.47 Å². The van der Waals surface area contributed by atoms with Crippen molar-refractivity contribution < 1.29 is 22.0 Å². The number of nitrogens with one attached hydrogen (secondary N) is 1. The molecule has 0 saturated carbocycles. The van der Waals surface area contributed by atoms with Gasteiger partial charge in [0.05, 0.1) is 4.90 Å². The van der Waals surface area contributed by atoms with Crippen LogP contribution in [-0.4, -0.2) is 36.0 Å². The van der Waals surface area contributed by atoms with Gasteiger partial charge in [0, 0.05) is 5.56 Å². The van der Waals surface area contributed by atoms with Crippen molar-refractivity contribution in [3.8, 4) is 0 Å². The summed E-state index contributed by atoms with van der Waals surface area (Å²) >= 11 is 2.69. The van der Waals surface area contributed by atoms with Gasteiger partial charge in [0.2, 0.25) is 15.0 Å². The molecule has 23 heavy (non-hydrogen) atoms. The molecule has 0 saturated heterocycles. The van der Waals surface area contributed by atoms with Gasteiger partial charge in [-0.05, 0) is 30.0 Å². The van der Waals surface area contributed by atoms with Gasteiger partial charge in [-0.1, -0.05) is 30.0 Å². The van der Waals surface area contributed by atoms with Crippen LogP contribution in [-0.2, 0) is 9.84 Å². The number of hydrogen-bond acceptors (Lipinski definition) is 7. The maximum atomic E-state index is 12.4. The summed E-state index contributed by atoms with van der Waals surface area (Å²) in [5, 5.41) is 10.5. The number of anilines is 1. The summed E-state index contributed by atoms with van der Waals surface area (Å²) in [6, 6.07) is 4.25. The number of benzene rings is 1. The lowest BCUT2D eigenvalue weighted by Crippen LogP contribution is -2.14. The zero-order valence-corrected chi connectivity index (χ0v) is 14.1. The average Bonchev–Trinajstić information content (AvgIpc) is 2.94. The number of carbonyl (C=O) groups is 1. The summed E-state index contributed by atoms with van der Waals surface area (Å²) in [6.45, 7) is 1.96. The molecule has 6 nitrogen and oxygen atoms in total. The number of thioether (sulfide) groups is 1. The second-order valence-corrected chi connectivity index (χ2v) is 8.50. The van der Waals surface area contributed by atoms with Crippen molar-refractivity contribution in [3.05, 3.63) is 29.8 Å². The molecular weight excluding hydrogens is 368 g/mol. The normalized spacial score (nSPS) is 11.7. The molecule has 124 valence electrons. The van der Waals surface area contributed by atoms with Crippen LogP contribution in [0.3, 0.4) is 0 Å². The Morgan fingerprint density at radius 2 is 1.96 bits per heavy atom. The minimum atomic E-state index is -4.67. The van der Waals surface area contributed by atoms with Crippen molar-refractivity contribution >= 4 is 44.0 Å². The van der Waals surface area contributed by atoms with Crippen molar-refractivity contribution in [1.29, 1.82) is 0 Å². The van der Waals surface area contributed by atoms with Crippen LogP contribution < -0.4 is 5.32 Å². The van der Waals surface area contributed by atoms with Crippen molar-refractivity contribution in [2.45, 2.75) is 21.9 Å². The highest BCUT2D eigenvalue weighted by Crippen LogP contribution is 2.25. The van der Waals surface area contributed by atoms with E-state index in [2.05, 4.69) is 15.5 Å². The largest absolute Gasteiger partial charge is 0.341 e. The first-order valence-corrected chi connectivity index (χ1v) is 9.59. The molecule has 0 unspecified atom stereocenters. The van der Waals surface area contributed by atoms with Gasteiger partial charge in [0.15, 0.2) is 4.34 Å². The van der Waals surface area contributed by atoms with Crippen molar-refractivity contribution in [1.82, 2.24) is 10.2 Å². The van der Waals surface area contributed by atoms with Gasteiger partial charge >= 0.3 is 5.76 Å². The van der Waals surface area contributed by atoms with Gasteiger partial charge in [-0.3, -0.25) is 10.1 Å². The number of nitrogens with zero attached hydrogens (tertiary/aromatic N) is 2. The SMILES string of the molecule is CCSc1nnc(NC(=O)c2ccc(S(=O)(=O)C(F)F)cc2)s1. The number of aromatic nitrogens is 2. The Morgan fingerprint density at radius 3 is 2.52 bits per heavy atom. The Bertz CT molecular complexity index is 791.